The van der Waals surface area contributed by atoms with Crippen LogP contribution in [0.5, 0.6) is 5.75 Å². The zero-order valence-corrected chi connectivity index (χ0v) is 14.4. The van der Waals surface area contributed by atoms with Crippen LogP contribution in [0.3, 0.4) is 0 Å². The van der Waals surface area contributed by atoms with Gasteiger partial charge in [0.1, 0.15) is 5.75 Å². The number of carbonyl (C=O) groups is 1. The van der Waals surface area contributed by atoms with E-state index < -0.39 is 0 Å². The average Bonchev–Trinajstić information content (AvgIpc) is 2.55. The number of halogens is 1. The summed E-state index contributed by atoms with van der Waals surface area (Å²) >= 11 is 6.22. The molecule has 0 radical (unpaired) electrons. The Hall–Kier alpha value is -1.10. The Morgan fingerprint density at radius 3 is 2.73 bits per heavy atom. The van der Waals surface area contributed by atoms with Crippen LogP contribution in [0, 0.1) is 6.92 Å². The van der Waals surface area contributed by atoms with E-state index in [0.717, 1.165) is 38.2 Å². The highest BCUT2D eigenvalue weighted by Gasteiger charge is 2.26. The van der Waals surface area contributed by atoms with E-state index in [9.17, 15) is 4.79 Å². The van der Waals surface area contributed by atoms with Gasteiger partial charge in [-0.2, -0.15) is 0 Å². The SMILES string of the molecule is CCCOc1cc(C)c(Cl)cc1C(=O)C(C)N1CCNCC1. The molecule has 1 heterocycles. The average molecular weight is 325 g/mol. The van der Waals surface area contributed by atoms with Crippen LogP contribution < -0.4 is 10.1 Å². The van der Waals surface area contributed by atoms with Crippen LogP contribution in [-0.4, -0.2) is 49.5 Å². The lowest BCUT2D eigenvalue weighted by atomic mass is 10.0. The topological polar surface area (TPSA) is 41.6 Å². The molecule has 0 aliphatic carbocycles. The summed E-state index contributed by atoms with van der Waals surface area (Å²) in [5.74, 6) is 0.727. The van der Waals surface area contributed by atoms with Crippen molar-refractivity contribution < 1.29 is 9.53 Å². The predicted octanol–water partition coefficient (Wildman–Crippen LogP) is 2.91. The van der Waals surface area contributed by atoms with Crippen molar-refractivity contribution >= 4 is 17.4 Å². The van der Waals surface area contributed by atoms with Crippen molar-refractivity contribution in [1.82, 2.24) is 10.2 Å². The van der Waals surface area contributed by atoms with Crippen molar-refractivity contribution in [1.29, 1.82) is 0 Å². The highest BCUT2D eigenvalue weighted by Crippen LogP contribution is 2.28. The maximum absolute atomic E-state index is 12.9. The van der Waals surface area contributed by atoms with Gasteiger partial charge in [-0.05, 0) is 38.0 Å². The van der Waals surface area contributed by atoms with Gasteiger partial charge >= 0.3 is 0 Å². The molecular formula is C17H25ClN2O2. The normalized spacial score (nSPS) is 17.3. The fraction of sp³-hybridized carbons (Fsp3) is 0.588. The number of hydrogen-bond acceptors (Lipinski definition) is 4. The molecule has 1 N–H and O–H groups in total. The molecule has 0 aromatic heterocycles. The van der Waals surface area contributed by atoms with Crippen LogP contribution in [0.25, 0.3) is 0 Å². The van der Waals surface area contributed by atoms with Crippen LogP contribution >= 0.6 is 11.6 Å². The van der Waals surface area contributed by atoms with E-state index in [-0.39, 0.29) is 11.8 Å². The molecular weight excluding hydrogens is 300 g/mol. The number of benzene rings is 1. The van der Waals surface area contributed by atoms with Gasteiger partial charge in [0.25, 0.3) is 0 Å². The first-order valence-electron chi connectivity index (χ1n) is 7.96. The molecule has 0 bridgehead atoms. The number of hydrogen-bond donors (Lipinski definition) is 1. The van der Waals surface area contributed by atoms with E-state index >= 15 is 0 Å². The Balaban J connectivity index is 2.24. The quantitative estimate of drug-likeness (QED) is 0.817. The zero-order chi connectivity index (χ0) is 16.1. The fourth-order valence-corrected chi connectivity index (χ4v) is 2.80. The lowest BCUT2D eigenvalue weighted by Gasteiger charge is -2.32. The second-order valence-electron chi connectivity index (χ2n) is 5.77. The lowest BCUT2D eigenvalue weighted by Crippen LogP contribution is -2.50. The van der Waals surface area contributed by atoms with Gasteiger partial charge in [0, 0.05) is 31.2 Å². The maximum Gasteiger partial charge on any atom is 0.183 e. The Bertz CT molecular complexity index is 528. The molecule has 1 aromatic rings. The smallest absolute Gasteiger partial charge is 0.183 e. The number of rotatable bonds is 6. The Labute approximate surface area is 137 Å². The fourth-order valence-electron chi connectivity index (χ4n) is 2.64. The van der Waals surface area contributed by atoms with Gasteiger partial charge in [0.05, 0.1) is 18.2 Å². The third-order valence-corrected chi connectivity index (χ3v) is 4.47. The molecule has 1 unspecified atom stereocenters. The van der Waals surface area contributed by atoms with E-state index in [4.69, 9.17) is 16.3 Å². The molecule has 1 atom stereocenters. The Kier molecular flexibility index (Phi) is 6.24. The van der Waals surface area contributed by atoms with Crippen molar-refractivity contribution in [2.24, 2.45) is 0 Å². The number of aryl methyl sites for hydroxylation is 1. The summed E-state index contributed by atoms with van der Waals surface area (Å²) in [5, 5.41) is 3.92. The van der Waals surface area contributed by atoms with Crippen LogP contribution in [0.15, 0.2) is 12.1 Å². The van der Waals surface area contributed by atoms with Crippen LogP contribution in [0.4, 0.5) is 0 Å². The second kappa shape index (κ2) is 7.95. The molecule has 0 amide bonds. The Morgan fingerprint density at radius 1 is 1.41 bits per heavy atom. The number of nitrogens with one attached hydrogen (secondary N) is 1. The molecule has 0 spiro atoms. The molecule has 0 saturated carbocycles. The van der Waals surface area contributed by atoms with E-state index in [1.54, 1.807) is 6.07 Å². The summed E-state index contributed by atoms with van der Waals surface area (Å²) in [4.78, 5) is 15.1. The van der Waals surface area contributed by atoms with Gasteiger partial charge in [0.2, 0.25) is 0 Å². The zero-order valence-electron chi connectivity index (χ0n) is 13.6. The van der Waals surface area contributed by atoms with Crippen molar-refractivity contribution in [3.05, 3.63) is 28.3 Å². The monoisotopic (exact) mass is 324 g/mol. The van der Waals surface area contributed by atoms with Crippen molar-refractivity contribution in [3.63, 3.8) is 0 Å². The Morgan fingerprint density at radius 2 is 2.09 bits per heavy atom. The second-order valence-corrected chi connectivity index (χ2v) is 6.18. The largest absolute Gasteiger partial charge is 0.493 e. The predicted molar refractivity (Wildman–Crippen MR) is 90.2 cm³/mol. The molecule has 1 aliphatic rings. The minimum Gasteiger partial charge on any atom is -0.493 e. The summed E-state index contributed by atoms with van der Waals surface area (Å²) in [6, 6.07) is 3.46. The van der Waals surface area contributed by atoms with Gasteiger partial charge in [-0.1, -0.05) is 18.5 Å². The van der Waals surface area contributed by atoms with Gasteiger partial charge < -0.3 is 10.1 Å². The number of ether oxygens (including phenoxy) is 1. The number of ketones is 1. The molecule has 2 rings (SSSR count). The summed E-state index contributed by atoms with van der Waals surface area (Å²) in [6.45, 7) is 10.2. The number of Topliss-reactive ketones (excluding diaryl/α,β-unsaturated/α-hetero) is 1. The molecule has 5 heteroatoms. The van der Waals surface area contributed by atoms with Crippen molar-refractivity contribution in [2.45, 2.75) is 33.2 Å². The molecule has 4 nitrogen and oxygen atoms in total. The molecule has 1 saturated heterocycles. The van der Waals surface area contributed by atoms with Crippen LogP contribution in [-0.2, 0) is 0 Å². The van der Waals surface area contributed by atoms with Gasteiger partial charge in [-0.3, -0.25) is 9.69 Å². The van der Waals surface area contributed by atoms with Crippen molar-refractivity contribution in [2.75, 3.05) is 32.8 Å². The summed E-state index contributed by atoms with van der Waals surface area (Å²) < 4.78 is 5.77. The lowest BCUT2D eigenvalue weighted by molar-refractivity contribution is 0.0816. The third kappa shape index (κ3) is 4.00. The number of nitrogens with zero attached hydrogens (tertiary/aromatic N) is 1. The number of carbonyl (C=O) groups excluding carboxylic acids is 1. The molecule has 1 aliphatic heterocycles. The van der Waals surface area contributed by atoms with Gasteiger partial charge in [-0.25, -0.2) is 0 Å². The highest BCUT2D eigenvalue weighted by atomic mass is 35.5. The minimum atomic E-state index is -0.162. The van der Waals surface area contributed by atoms with Crippen LogP contribution in [0.2, 0.25) is 5.02 Å². The van der Waals surface area contributed by atoms with Gasteiger partial charge in [-0.15, -0.1) is 0 Å². The summed E-state index contributed by atoms with van der Waals surface area (Å²) in [6.07, 6.45) is 0.905. The van der Waals surface area contributed by atoms with E-state index in [1.165, 1.54) is 0 Å². The van der Waals surface area contributed by atoms with Gasteiger partial charge in [0.15, 0.2) is 5.78 Å². The maximum atomic E-state index is 12.9. The first-order chi connectivity index (χ1) is 10.5. The van der Waals surface area contributed by atoms with E-state index in [1.807, 2.05) is 26.8 Å². The molecule has 1 aromatic carbocycles. The van der Waals surface area contributed by atoms with Crippen LogP contribution in [0.1, 0.15) is 36.2 Å². The third-order valence-electron chi connectivity index (χ3n) is 4.07. The van der Waals surface area contributed by atoms with E-state index in [2.05, 4.69) is 10.2 Å². The standard InChI is InChI=1S/C17H25ClN2O2/c1-4-9-22-16-10-12(2)15(18)11-14(16)17(21)13(3)20-7-5-19-6-8-20/h10-11,13,19H,4-9H2,1-3H3. The summed E-state index contributed by atoms with van der Waals surface area (Å²) in [7, 11) is 0. The molecule has 1 fully saturated rings. The first-order valence-corrected chi connectivity index (χ1v) is 8.34. The molecule has 122 valence electrons. The highest BCUT2D eigenvalue weighted by molar-refractivity contribution is 6.31. The number of piperazine rings is 1. The summed E-state index contributed by atoms with van der Waals surface area (Å²) in [5.41, 5.74) is 1.52. The van der Waals surface area contributed by atoms with E-state index in [0.29, 0.717) is 22.9 Å². The minimum absolute atomic E-state index is 0.0786. The first kappa shape index (κ1) is 17.3. The molecule has 22 heavy (non-hydrogen) atoms. The van der Waals surface area contributed by atoms with Crippen molar-refractivity contribution in [3.8, 4) is 5.75 Å².